The van der Waals surface area contributed by atoms with E-state index in [9.17, 15) is 24.9 Å². The summed E-state index contributed by atoms with van der Waals surface area (Å²) in [4.78, 5) is 28.5. The summed E-state index contributed by atoms with van der Waals surface area (Å²) in [6, 6.07) is 2.72. The average molecular weight is 657 g/mol. The molecule has 3 unspecified atom stereocenters. The van der Waals surface area contributed by atoms with Gasteiger partial charge in [0, 0.05) is 31.0 Å². The van der Waals surface area contributed by atoms with Crippen LogP contribution in [0, 0.1) is 3.57 Å². The van der Waals surface area contributed by atoms with Crippen molar-refractivity contribution in [3.63, 3.8) is 0 Å². The molecule has 0 heterocycles. The van der Waals surface area contributed by atoms with Gasteiger partial charge >= 0.3 is 0 Å². The van der Waals surface area contributed by atoms with Crippen LogP contribution in [0.5, 0.6) is 11.5 Å². The van der Waals surface area contributed by atoms with Crippen LogP contribution in [0.25, 0.3) is 0 Å². The molecular weight excluding hydrogens is 615 g/mol. The molecule has 10 heteroatoms. The van der Waals surface area contributed by atoms with Crippen LogP contribution >= 0.6 is 22.6 Å². The van der Waals surface area contributed by atoms with Crippen molar-refractivity contribution < 1.29 is 34.4 Å². The molecule has 0 aromatic heterocycles. The number of halogens is 1. The highest BCUT2D eigenvalue weighted by Crippen LogP contribution is 2.38. The normalized spacial score (nSPS) is 21.9. The number of aliphatic hydroxyl groups excluding tert-OH is 3. The maximum atomic E-state index is 13.6. The molecule has 3 atom stereocenters. The summed E-state index contributed by atoms with van der Waals surface area (Å²) >= 11 is 2.08. The lowest BCUT2D eigenvalue weighted by Gasteiger charge is -2.44. The van der Waals surface area contributed by atoms with Gasteiger partial charge in [-0.25, -0.2) is 0 Å². The van der Waals surface area contributed by atoms with Crippen molar-refractivity contribution in [3.05, 3.63) is 45.6 Å². The van der Waals surface area contributed by atoms with E-state index in [4.69, 9.17) is 9.47 Å². The number of methoxy groups -OCH3 is 1. The van der Waals surface area contributed by atoms with Gasteiger partial charge in [0.05, 0.1) is 29.9 Å². The van der Waals surface area contributed by atoms with Gasteiger partial charge in [-0.3, -0.25) is 9.59 Å². The second-order valence-corrected chi connectivity index (χ2v) is 11.2. The molecule has 0 spiro atoms. The Morgan fingerprint density at radius 2 is 1.92 bits per heavy atom. The van der Waals surface area contributed by atoms with Crippen molar-refractivity contribution >= 4 is 34.4 Å². The van der Waals surface area contributed by atoms with E-state index in [0.29, 0.717) is 32.6 Å². The molecular formula is C29H41IN2O7. The second kappa shape index (κ2) is 15.6. The molecule has 2 aliphatic rings. The third-order valence-electron chi connectivity index (χ3n) is 7.37. The van der Waals surface area contributed by atoms with E-state index in [2.05, 4.69) is 34.5 Å². The fraction of sp³-hybridized carbons (Fsp3) is 0.586. The Hall–Kier alpha value is -2.15. The molecule has 0 saturated heterocycles. The Morgan fingerprint density at radius 1 is 1.21 bits per heavy atom. The molecule has 1 saturated carbocycles. The molecule has 1 aromatic carbocycles. The number of nitrogens with zero attached hydrogens (tertiary/aromatic N) is 1. The van der Waals surface area contributed by atoms with Crippen LogP contribution in [0.3, 0.4) is 0 Å². The van der Waals surface area contributed by atoms with E-state index >= 15 is 0 Å². The van der Waals surface area contributed by atoms with Crippen LogP contribution in [0.4, 0.5) is 0 Å². The van der Waals surface area contributed by atoms with Crippen LogP contribution in [0.2, 0.25) is 0 Å². The van der Waals surface area contributed by atoms with E-state index < -0.39 is 18.2 Å². The molecule has 39 heavy (non-hydrogen) atoms. The predicted molar refractivity (Wildman–Crippen MR) is 156 cm³/mol. The number of ether oxygens (including phenoxy) is 2. The van der Waals surface area contributed by atoms with Crippen molar-refractivity contribution in [1.29, 1.82) is 0 Å². The molecule has 9 nitrogen and oxygen atoms in total. The zero-order chi connectivity index (χ0) is 28.4. The lowest BCUT2D eigenvalue weighted by Crippen LogP contribution is -2.58. The van der Waals surface area contributed by atoms with Crippen LogP contribution < -0.4 is 14.8 Å². The van der Waals surface area contributed by atoms with Gasteiger partial charge in [-0.2, -0.15) is 0 Å². The highest BCUT2D eigenvalue weighted by Gasteiger charge is 2.43. The Labute approximate surface area is 244 Å². The first kappa shape index (κ1) is 31.4. The SMILES string of the molecule is C=CCCC(=O)N(C1CCCCCC1)C1CC(C(=O)NCCO)=CC(Oc2c(I)cc(CO)cc2OC)C1O. The van der Waals surface area contributed by atoms with Crippen LogP contribution in [0.1, 0.15) is 63.4 Å². The van der Waals surface area contributed by atoms with Gasteiger partial charge in [0.2, 0.25) is 11.8 Å². The topological polar surface area (TPSA) is 129 Å². The smallest absolute Gasteiger partial charge is 0.247 e. The molecule has 4 N–H and O–H groups in total. The van der Waals surface area contributed by atoms with Gasteiger partial charge in [-0.15, -0.1) is 6.58 Å². The van der Waals surface area contributed by atoms with E-state index in [-0.39, 0.29) is 50.5 Å². The third kappa shape index (κ3) is 8.18. The highest BCUT2D eigenvalue weighted by atomic mass is 127. The van der Waals surface area contributed by atoms with Crippen molar-refractivity contribution in [2.75, 3.05) is 20.3 Å². The zero-order valence-electron chi connectivity index (χ0n) is 22.6. The van der Waals surface area contributed by atoms with Crippen molar-refractivity contribution in [2.45, 2.75) is 88.7 Å². The molecule has 1 aromatic rings. The second-order valence-electron chi connectivity index (χ2n) is 10.1. The Bertz CT molecular complexity index is 1020. The maximum absolute atomic E-state index is 13.6. The summed E-state index contributed by atoms with van der Waals surface area (Å²) in [6.07, 6.45) is 8.17. The largest absolute Gasteiger partial charge is 0.493 e. The van der Waals surface area contributed by atoms with Gasteiger partial charge < -0.3 is 35.0 Å². The number of benzene rings is 1. The number of aliphatic hydroxyl groups is 3. The number of amides is 2. The monoisotopic (exact) mass is 656 g/mol. The fourth-order valence-electron chi connectivity index (χ4n) is 5.41. The zero-order valence-corrected chi connectivity index (χ0v) is 24.8. The summed E-state index contributed by atoms with van der Waals surface area (Å²) in [5.41, 5.74) is 1.04. The minimum absolute atomic E-state index is 0.0384. The lowest BCUT2D eigenvalue weighted by molar-refractivity contribution is -0.142. The standard InChI is InChI=1S/C29H41IN2O7/c1-3-4-11-26(35)32(21-9-7-5-6-8-10-21)23-16-20(29(37)31-12-13-33)17-24(27(23)36)39-28-22(30)14-19(18-34)15-25(28)38-2/h3,14-15,17,21,23-24,27,33-34,36H,1,4-13,16,18H2,2H3,(H,31,37). The van der Waals surface area contributed by atoms with Gasteiger partial charge in [-0.05, 0) is 65.6 Å². The Balaban J connectivity index is 2.02. The maximum Gasteiger partial charge on any atom is 0.247 e. The first-order valence-electron chi connectivity index (χ1n) is 13.7. The molecule has 1 fully saturated rings. The number of allylic oxidation sites excluding steroid dienone is 1. The van der Waals surface area contributed by atoms with Crippen molar-refractivity contribution in [2.24, 2.45) is 0 Å². The van der Waals surface area contributed by atoms with Gasteiger partial charge in [-0.1, -0.05) is 31.8 Å². The quantitative estimate of drug-likeness (QED) is 0.155. The number of hydrogen-bond donors (Lipinski definition) is 4. The number of hydrogen-bond acceptors (Lipinski definition) is 7. The van der Waals surface area contributed by atoms with E-state index in [1.54, 1.807) is 24.3 Å². The fourth-order valence-corrected chi connectivity index (χ4v) is 6.21. The summed E-state index contributed by atoms with van der Waals surface area (Å²) < 4.78 is 12.5. The molecule has 0 aliphatic heterocycles. The average Bonchev–Trinajstić information content (AvgIpc) is 3.22. The van der Waals surface area contributed by atoms with Crippen LogP contribution in [-0.2, 0) is 16.2 Å². The molecule has 0 radical (unpaired) electrons. The molecule has 2 aliphatic carbocycles. The summed E-state index contributed by atoms with van der Waals surface area (Å²) in [6.45, 7) is 3.48. The number of carbonyl (C=O) groups excluding carboxylic acids is 2. The first-order chi connectivity index (χ1) is 18.8. The van der Waals surface area contributed by atoms with Crippen molar-refractivity contribution in [1.82, 2.24) is 10.2 Å². The van der Waals surface area contributed by atoms with Crippen LogP contribution in [-0.4, -0.2) is 76.6 Å². The van der Waals surface area contributed by atoms with Gasteiger partial charge in [0.15, 0.2) is 11.5 Å². The van der Waals surface area contributed by atoms with Crippen LogP contribution in [0.15, 0.2) is 36.4 Å². The Morgan fingerprint density at radius 3 is 2.54 bits per heavy atom. The minimum Gasteiger partial charge on any atom is -0.493 e. The van der Waals surface area contributed by atoms with E-state index in [1.165, 1.54) is 7.11 Å². The molecule has 3 rings (SSSR count). The Kier molecular flexibility index (Phi) is 12.5. The highest BCUT2D eigenvalue weighted by molar-refractivity contribution is 14.1. The van der Waals surface area contributed by atoms with E-state index in [1.807, 2.05) is 4.90 Å². The summed E-state index contributed by atoms with van der Waals surface area (Å²) in [7, 11) is 1.50. The van der Waals surface area contributed by atoms with Crippen molar-refractivity contribution in [3.8, 4) is 11.5 Å². The lowest BCUT2D eigenvalue weighted by atomic mass is 9.86. The molecule has 2 amide bonds. The predicted octanol–water partition coefficient (Wildman–Crippen LogP) is 3.23. The number of carbonyl (C=O) groups is 2. The summed E-state index contributed by atoms with van der Waals surface area (Å²) in [5, 5.41) is 33.3. The summed E-state index contributed by atoms with van der Waals surface area (Å²) in [5.74, 6) is 0.334. The van der Waals surface area contributed by atoms with E-state index in [0.717, 1.165) is 38.5 Å². The number of rotatable bonds is 12. The number of nitrogens with one attached hydrogen (secondary N) is 1. The minimum atomic E-state index is -1.10. The molecule has 0 bridgehead atoms. The first-order valence-corrected chi connectivity index (χ1v) is 14.8. The van der Waals surface area contributed by atoms with Gasteiger partial charge in [0.1, 0.15) is 12.2 Å². The third-order valence-corrected chi connectivity index (χ3v) is 8.17. The molecule has 216 valence electrons. The van der Waals surface area contributed by atoms with Gasteiger partial charge in [0.25, 0.3) is 0 Å².